The molecule has 2 aromatic rings. The number of anilines is 1. The van der Waals surface area contributed by atoms with Crippen LogP contribution in [0, 0.1) is 0 Å². The molecule has 2 aliphatic heterocycles. The standard InChI is InChI=1S/C22H31N5O/c1-17-7-3-6-11-26(17)14-10-23-22(28)18-8-9-20-19(15-18)21(25-16-24-20)27-12-4-2-5-13-27/h8-9,15-17H,2-7,10-14H2,1H3,(H,23,28)/t17-/m0/s1. The fourth-order valence-electron chi connectivity index (χ4n) is 4.45. The highest BCUT2D eigenvalue weighted by atomic mass is 16.1. The van der Waals surface area contributed by atoms with Crippen LogP contribution in [0.4, 0.5) is 5.82 Å². The number of amides is 1. The normalized spacial score (nSPS) is 21.0. The maximum atomic E-state index is 12.7. The van der Waals surface area contributed by atoms with Crippen molar-refractivity contribution in [3.8, 4) is 0 Å². The van der Waals surface area contributed by atoms with Crippen molar-refractivity contribution in [2.75, 3.05) is 37.6 Å². The summed E-state index contributed by atoms with van der Waals surface area (Å²) in [5.74, 6) is 0.946. The summed E-state index contributed by atoms with van der Waals surface area (Å²) in [6.07, 6.45) is 9.15. The Bertz CT molecular complexity index is 818. The lowest BCUT2D eigenvalue weighted by Crippen LogP contribution is -2.42. The van der Waals surface area contributed by atoms with Gasteiger partial charge in [-0.1, -0.05) is 6.42 Å². The van der Waals surface area contributed by atoms with Crippen molar-refractivity contribution in [1.29, 1.82) is 0 Å². The predicted molar refractivity (Wildman–Crippen MR) is 113 cm³/mol. The van der Waals surface area contributed by atoms with Crippen molar-refractivity contribution in [2.45, 2.75) is 51.5 Å². The minimum atomic E-state index is -0.0139. The van der Waals surface area contributed by atoms with Gasteiger partial charge in [-0.15, -0.1) is 0 Å². The summed E-state index contributed by atoms with van der Waals surface area (Å²) in [4.78, 5) is 26.5. The van der Waals surface area contributed by atoms with Gasteiger partial charge in [-0.3, -0.25) is 9.69 Å². The number of fused-ring (bicyclic) bond motifs is 1. The highest BCUT2D eigenvalue weighted by Crippen LogP contribution is 2.26. The topological polar surface area (TPSA) is 61.4 Å². The molecular formula is C22H31N5O. The first-order chi connectivity index (χ1) is 13.7. The first kappa shape index (κ1) is 19.1. The monoisotopic (exact) mass is 381 g/mol. The third-order valence-electron chi connectivity index (χ3n) is 6.16. The van der Waals surface area contributed by atoms with Crippen molar-refractivity contribution in [1.82, 2.24) is 20.2 Å². The molecule has 2 fully saturated rings. The number of hydrogen-bond donors (Lipinski definition) is 1. The van der Waals surface area contributed by atoms with E-state index in [0.717, 1.165) is 42.9 Å². The number of piperidine rings is 2. The Morgan fingerprint density at radius 3 is 2.75 bits per heavy atom. The lowest BCUT2D eigenvalue weighted by Gasteiger charge is -2.33. The van der Waals surface area contributed by atoms with E-state index in [4.69, 9.17) is 0 Å². The third kappa shape index (κ3) is 4.27. The van der Waals surface area contributed by atoms with E-state index in [0.29, 0.717) is 18.2 Å². The molecule has 1 aromatic carbocycles. The van der Waals surface area contributed by atoms with E-state index in [9.17, 15) is 4.79 Å². The molecule has 0 radical (unpaired) electrons. The van der Waals surface area contributed by atoms with Crippen molar-refractivity contribution in [3.05, 3.63) is 30.1 Å². The van der Waals surface area contributed by atoms with Crippen LogP contribution in [0.1, 0.15) is 55.8 Å². The number of nitrogens with one attached hydrogen (secondary N) is 1. The molecule has 0 bridgehead atoms. The van der Waals surface area contributed by atoms with E-state index in [1.165, 1.54) is 38.5 Å². The quantitative estimate of drug-likeness (QED) is 0.862. The van der Waals surface area contributed by atoms with Crippen molar-refractivity contribution < 1.29 is 4.79 Å². The summed E-state index contributed by atoms with van der Waals surface area (Å²) < 4.78 is 0. The largest absolute Gasteiger partial charge is 0.356 e. The second-order valence-electron chi connectivity index (χ2n) is 8.11. The molecule has 2 aliphatic rings. The van der Waals surface area contributed by atoms with Crippen LogP contribution in [-0.2, 0) is 0 Å². The molecule has 1 atom stereocenters. The first-order valence-electron chi connectivity index (χ1n) is 10.7. The van der Waals surface area contributed by atoms with Crippen LogP contribution in [0.5, 0.6) is 0 Å². The van der Waals surface area contributed by atoms with Gasteiger partial charge in [0.15, 0.2) is 0 Å². The SMILES string of the molecule is C[C@H]1CCCCN1CCNC(=O)c1ccc2ncnc(N3CCCCC3)c2c1. The Morgan fingerprint density at radius 1 is 1.11 bits per heavy atom. The van der Waals surface area contributed by atoms with Gasteiger partial charge in [-0.25, -0.2) is 9.97 Å². The number of rotatable bonds is 5. The number of aromatic nitrogens is 2. The molecular weight excluding hydrogens is 350 g/mol. The number of benzene rings is 1. The lowest BCUT2D eigenvalue weighted by molar-refractivity contribution is 0.0938. The molecule has 1 aromatic heterocycles. The fraction of sp³-hybridized carbons (Fsp3) is 0.591. The van der Waals surface area contributed by atoms with Gasteiger partial charge in [-0.2, -0.15) is 0 Å². The molecule has 1 N–H and O–H groups in total. The van der Waals surface area contributed by atoms with Crippen molar-refractivity contribution in [3.63, 3.8) is 0 Å². The highest BCUT2D eigenvalue weighted by molar-refractivity contribution is 6.00. The maximum Gasteiger partial charge on any atom is 0.251 e. The Labute approximate surface area is 167 Å². The summed E-state index contributed by atoms with van der Waals surface area (Å²) >= 11 is 0. The van der Waals surface area contributed by atoms with Crippen LogP contribution in [0.3, 0.4) is 0 Å². The van der Waals surface area contributed by atoms with E-state index >= 15 is 0 Å². The maximum absolute atomic E-state index is 12.7. The van der Waals surface area contributed by atoms with Crippen LogP contribution in [0.2, 0.25) is 0 Å². The van der Waals surface area contributed by atoms with Gasteiger partial charge < -0.3 is 10.2 Å². The minimum Gasteiger partial charge on any atom is -0.356 e. The van der Waals surface area contributed by atoms with E-state index in [1.807, 2.05) is 18.2 Å². The van der Waals surface area contributed by atoms with Crippen LogP contribution >= 0.6 is 0 Å². The van der Waals surface area contributed by atoms with Crippen LogP contribution in [-0.4, -0.2) is 59.5 Å². The molecule has 150 valence electrons. The zero-order valence-corrected chi connectivity index (χ0v) is 16.9. The zero-order chi connectivity index (χ0) is 19.3. The van der Waals surface area contributed by atoms with Gasteiger partial charge >= 0.3 is 0 Å². The second kappa shape index (κ2) is 8.86. The summed E-state index contributed by atoms with van der Waals surface area (Å²) in [6, 6.07) is 6.38. The fourth-order valence-corrected chi connectivity index (χ4v) is 4.45. The summed E-state index contributed by atoms with van der Waals surface area (Å²) in [5, 5.41) is 4.07. The summed E-state index contributed by atoms with van der Waals surface area (Å²) in [5.41, 5.74) is 1.58. The first-order valence-corrected chi connectivity index (χ1v) is 10.7. The van der Waals surface area contributed by atoms with Crippen LogP contribution in [0.15, 0.2) is 24.5 Å². The number of carbonyl (C=O) groups is 1. The van der Waals surface area contributed by atoms with E-state index in [2.05, 4.69) is 32.0 Å². The summed E-state index contributed by atoms with van der Waals surface area (Å²) in [6.45, 7) is 7.08. The molecule has 0 spiro atoms. The van der Waals surface area contributed by atoms with Gasteiger partial charge in [0.25, 0.3) is 5.91 Å². The molecule has 1 amide bonds. The average molecular weight is 382 g/mol. The van der Waals surface area contributed by atoms with Gasteiger partial charge in [-0.05, 0) is 63.8 Å². The minimum absolute atomic E-state index is 0.0139. The molecule has 6 nitrogen and oxygen atoms in total. The highest BCUT2D eigenvalue weighted by Gasteiger charge is 2.19. The number of carbonyl (C=O) groups excluding carboxylic acids is 1. The number of likely N-dealkylation sites (tertiary alicyclic amines) is 1. The van der Waals surface area contributed by atoms with E-state index in [1.54, 1.807) is 6.33 Å². The second-order valence-corrected chi connectivity index (χ2v) is 8.11. The van der Waals surface area contributed by atoms with E-state index in [-0.39, 0.29) is 5.91 Å². The lowest BCUT2D eigenvalue weighted by atomic mass is 10.0. The predicted octanol–water partition coefficient (Wildman–Crippen LogP) is 3.22. The Kier molecular flexibility index (Phi) is 6.05. The van der Waals surface area contributed by atoms with Gasteiger partial charge in [0.05, 0.1) is 5.52 Å². The molecule has 6 heteroatoms. The van der Waals surface area contributed by atoms with Crippen LogP contribution in [0.25, 0.3) is 10.9 Å². The number of hydrogen-bond acceptors (Lipinski definition) is 5. The Hall–Kier alpha value is -2.21. The van der Waals surface area contributed by atoms with E-state index < -0.39 is 0 Å². The molecule has 2 saturated heterocycles. The smallest absolute Gasteiger partial charge is 0.251 e. The van der Waals surface area contributed by atoms with Gasteiger partial charge in [0, 0.05) is 43.2 Å². The van der Waals surface area contributed by atoms with Crippen molar-refractivity contribution >= 4 is 22.6 Å². The van der Waals surface area contributed by atoms with Gasteiger partial charge in [0.2, 0.25) is 0 Å². The molecule has 28 heavy (non-hydrogen) atoms. The van der Waals surface area contributed by atoms with Crippen molar-refractivity contribution in [2.24, 2.45) is 0 Å². The Balaban J connectivity index is 1.45. The molecule has 4 rings (SSSR count). The molecule has 3 heterocycles. The molecule has 0 aliphatic carbocycles. The Morgan fingerprint density at radius 2 is 1.93 bits per heavy atom. The average Bonchev–Trinajstić information content (AvgIpc) is 2.75. The molecule has 0 unspecified atom stereocenters. The zero-order valence-electron chi connectivity index (χ0n) is 16.9. The number of nitrogens with zero attached hydrogens (tertiary/aromatic N) is 4. The summed E-state index contributed by atoms with van der Waals surface area (Å²) in [7, 11) is 0. The van der Waals surface area contributed by atoms with Crippen LogP contribution < -0.4 is 10.2 Å². The molecule has 0 saturated carbocycles. The third-order valence-corrected chi connectivity index (χ3v) is 6.16. The van der Waals surface area contributed by atoms with Gasteiger partial charge in [0.1, 0.15) is 12.1 Å².